The van der Waals surface area contributed by atoms with Crippen molar-refractivity contribution in [1.29, 1.82) is 0 Å². The molecule has 1 aromatic heterocycles. The summed E-state index contributed by atoms with van der Waals surface area (Å²) in [7, 11) is 0. The van der Waals surface area contributed by atoms with Crippen LogP contribution in [0.25, 0.3) is 6.08 Å². The summed E-state index contributed by atoms with van der Waals surface area (Å²) in [6, 6.07) is 1.94. The highest BCUT2D eigenvalue weighted by Gasteiger charge is 1.95. The quantitative estimate of drug-likeness (QED) is 0.617. The Morgan fingerprint density at radius 1 is 1.77 bits per heavy atom. The first-order valence-corrected chi connectivity index (χ1v) is 5.48. The molecule has 0 radical (unpaired) electrons. The molecular formula is C9H9BrO2S. The van der Waals surface area contributed by atoms with E-state index >= 15 is 0 Å². The lowest BCUT2D eigenvalue weighted by molar-refractivity contribution is -0.137. The fourth-order valence-corrected chi connectivity index (χ4v) is 1.91. The normalized spacial score (nSPS) is 10.6. The third kappa shape index (κ3) is 3.74. The van der Waals surface area contributed by atoms with Crippen molar-refractivity contribution in [3.63, 3.8) is 0 Å². The second-order valence-electron chi connectivity index (χ2n) is 2.27. The number of hydrogen-bond acceptors (Lipinski definition) is 3. The van der Waals surface area contributed by atoms with E-state index in [1.165, 1.54) is 6.08 Å². The van der Waals surface area contributed by atoms with Crippen LogP contribution < -0.4 is 0 Å². The Hall–Kier alpha value is -0.610. The van der Waals surface area contributed by atoms with Crippen LogP contribution in [-0.4, -0.2) is 12.6 Å². The van der Waals surface area contributed by atoms with Crippen LogP contribution in [0.2, 0.25) is 0 Å². The van der Waals surface area contributed by atoms with Gasteiger partial charge in [-0.3, -0.25) is 0 Å². The van der Waals surface area contributed by atoms with Crippen molar-refractivity contribution in [2.45, 2.75) is 6.92 Å². The Balaban J connectivity index is 2.53. The maximum Gasteiger partial charge on any atom is 0.330 e. The van der Waals surface area contributed by atoms with Crippen molar-refractivity contribution in [2.75, 3.05) is 6.61 Å². The van der Waals surface area contributed by atoms with Gasteiger partial charge in [-0.2, -0.15) is 0 Å². The molecule has 0 aliphatic carbocycles. The van der Waals surface area contributed by atoms with Gasteiger partial charge in [0.15, 0.2) is 0 Å². The summed E-state index contributed by atoms with van der Waals surface area (Å²) in [6.07, 6.45) is 3.16. The zero-order valence-electron chi connectivity index (χ0n) is 7.12. The van der Waals surface area contributed by atoms with Crippen LogP contribution in [-0.2, 0) is 9.53 Å². The number of carbonyl (C=O) groups excluding carboxylic acids is 1. The SMILES string of the molecule is CCOC(=O)/C=C\c1csc(Br)c1. The molecular weight excluding hydrogens is 252 g/mol. The monoisotopic (exact) mass is 260 g/mol. The van der Waals surface area contributed by atoms with Gasteiger partial charge in [0.25, 0.3) is 0 Å². The summed E-state index contributed by atoms with van der Waals surface area (Å²) >= 11 is 4.92. The average molecular weight is 261 g/mol. The maximum absolute atomic E-state index is 10.9. The standard InChI is InChI=1S/C9H9BrO2S/c1-2-12-9(11)4-3-7-5-8(10)13-6-7/h3-6H,2H2,1H3/b4-3-. The van der Waals surface area contributed by atoms with Gasteiger partial charge in [-0.05, 0) is 45.9 Å². The van der Waals surface area contributed by atoms with Crippen LogP contribution in [0.1, 0.15) is 12.5 Å². The lowest BCUT2D eigenvalue weighted by atomic mass is 10.3. The maximum atomic E-state index is 10.9. The first kappa shape index (κ1) is 10.5. The predicted molar refractivity (Wildman–Crippen MR) is 57.7 cm³/mol. The molecule has 0 aliphatic heterocycles. The minimum atomic E-state index is -0.301. The highest BCUT2D eigenvalue weighted by molar-refractivity contribution is 9.11. The highest BCUT2D eigenvalue weighted by atomic mass is 79.9. The number of esters is 1. The van der Waals surface area contributed by atoms with Crippen molar-refractivity contribution >= 4 is 39.3 Å². The molecule has 0 N–H and O–H groups in total. The lowest BCUT2D eigenvalue weighted by Gasteiger charge is -1.93. The molecule has 2 nitrogen and oxygen atoms in total. The number of hydrogen-bond donors (Lipinski definition) is 0. The number of rotatable bonds is 3. The number of carbonyl (C=O) groups is 1. The van der Waals surface area contributed by atoms with Crippen LogP contribution in [0.15, 0.2) is 21.3 Å². The molecule has 0 saturated carbocycles. The Morgan fingerprint density at radius 3 is 3.08 bits per heavy atom. The van der Waals surface area contributed by atoms with Gasteiger partial charge in [-0.25, -0.2) is 4.79 Å². The Kier molecular flexibility index (Phi) is 4.18. The molecule has 70 valence electrons. The number of ether oxygens (including phenoxy) is 1. The van der Waals surface area contributed by atoms with Crippen molar-refractivity contribution in [3.05, 3.63) is 26.9 Å². The van der Waals surface area contributed by atoms with Gasteiger partial charge in [-0.15, -0.1) is 11.3 Å². The molecule has 13 heavy (non-hydrogen) atoms. The largest absolute Gasteiger partial charge is 0.463 e. The third-order valence-electron chi connectivity index (χ3n) is 1.29. The average Bonchev–Trinajstić information content (AvgIpc) is 2.49. The van der Waals surface area contributed by atoms with E-state index in [4.69, 9.17) is 4.74 Å². The number of thiophene rings is 1. The summed E-state index contributed by atoms with van der Waals surface area (Å²) in [4.78, 5) is 10.9. The second kappa shape index (κ2) is 5.19. The van der Waals surface area contributed by atoms with Crippen LogP contribution in [0.4, 0.5) is 0 Å². The van der Waals surface area contributed by atoms with Crippen LogP contribution in [0.3, 0.4) is 0 Å². The molecule has 0 aromatic carbocycles. The topological polar surface area (TPSA) is 26.3 Å². The molecule has 0 fully saturated rings. The van der Waals surface area contributed by atoms with E-state index in [1.54, 1.807) is 24.3 Å². The van der Waals surface area contributed by atoms with Crippen LogP contribution in [0.5, 0.6) is 0 Å². The van der Waals surface area contributed by atoms with Crippen molar-refractivity contribution in [3.8, 4) is 0 Å². The van der Waals surface area contributed by atoms with Gasteiger partial charge in [0.1, 0.15) is 0 Å². The van der Waals surface area contributed by atoms with Gasteiger partial charge in [0.2, 0.25) is 0 Å². The second-order valence-corrected chi connectivity index (χ2v) is 4.56. The molecule has 0 aliphatic rings. The minimum Gasteiger partial charge on any atom is -0.463 e. The Labute approximate surface area is 89.3 Å². The molecule has 0 amide bonds. The predicted octanol–water partition coefficient (Wildman–Crippen LogP) is 3.09. The summed E-state index contributed by atoms with van der Waals surface area (Å²) in [5.41, 5.74) is 1.00. The first-order valence-electron chi connectivity index (χ1n) is 3.81. The van der Waals surface area contributed by atoms with E-state index in [9.17, 15) is 4.79 Å². The van der Waals surface area contributed by atoms with E-state index in [0.29, 0.717) is 6.61 Å². The Bertz CT molecular complexity index is 317. The molecule has 0 unspecified atom stereocenters. The summed E-state index contributed by atoms with van der Waals surface area (Å²) in [6.45, 7) is 2.20. The van der Waals surface area contributed by atoms with Gasteiger partial charge in [0, 0.05) is 6.08 Å². The van der Waals surface area contributed by atoms with E-state index in [0.717, 1.165) is 9.35 Å². The lowest BCUT2D eigenvalue weighted by Crippen LogP contribution is -1.98. The Morgan fingerprint density at radius 2 is 2.54 bits per heavy atom. The summed E-state index contributed by atoms with van der Waals surface area (Å²) in [5.74, 6) is -0.301. The van der Waals surface area contributed by atoms with Crippen LogP contribution >= 0.6 is 27.3 Å². The minimum absolute atomic E-state index is 0.301. The molecule has 1 heterocycles. The zero-order valence-corrected chi connectivity index (χ0v) is 9.52. The van der Waals surface area contributed by atoms with Crippen molar-refractivity contribution in [1.82, 2.24) is 0 Å². The molecule has 1 rings (SSSR count). The summed E-state index contributed by atoms with van der Waals surface area (Å²) in [5, 5.41) is 1.96. The van der Waals surface area contributed by atoms with E-state index in [-0.39, 0.29) is 5.97 Å². The van der Waals surface area contributed by atoms with Gasteiger partial charge < -0.3 is 4.74 Å². The number of halogens is 1. The zero-order chi connectivity index (χ0) is 9.68. The van der Waals surface area contributed by atoms with Gasteiger partial charge >= 0.3 is 5.97 Å². The van der Waals surface area contributed by atoms with E-state index in [1.807, 2.05) is 11.4 Å². The smallest absolute Gasteiger partial charge is 0.330 e. The van der Waals surface area contributed by atoms with Crippen molar-refractivity contribution < 1.29 is 9.53 Å². The summed E-state index contributed by atoms with van der Waals surface area (Å²) < 4.78 is 5.79. The highest BCUT2D eigenvalue weighted by Crippen LogP contribution is 2.21. The van der Waals surface area contributed by atoms with E-state index < -0.39 is 0 Å². The van der Waals surface area contributed by atoms with Gasteiger partial charge in [-0.1, -0.05) is 0 Å². The van der Waals surface area contributed by atoms with Gasteiger partial charge in [0.05, 0.1) is 10.4 Å². The van der Waals surface area contributed by atoms with Crippen molar-refractivity contribution in [2.24, 2.45) is 0 Å². The fourth-order valence-electron chi connectivity index (χ4n) is 0.765. The van der Waals surface area contributed by atoms with E-state index in [2.05, 4.69) is 15.9 Å². The molecule has 0 bridgehead atoms. The molecule has 0 atom stereocenters. The molecule has 4 heteroatoms. The molecule has 0 saturated heterocycles. The fraction of sp³-hybridized carbons (Fsp3) is 0.222. The molecule has 0 spiro atoms. The first-order chi connectivity index (χ1) is 6.22. The van der Waals surface area contributed by atoms with Crippen LogP contribution in [0, 0.1) is 0 Å². The third-order valence-corrected chi connectivity index (χ3v) is 2.81. The molecule has 1 aromatic rings.